The zero-order valence-corrected chi connectivity index (χ0v) is 20.8. The zero-order valence-electron chi connectivity index (χ0n) is 18.5. The lowest BCUT2D eigenvalue weighted by Crippen LogP contribution is -2.38. The summed E-state index contributed by atoms with van der Waals surface area (Å²) < 4.78 is 2.07. The fourth-order valence-corrected chi connectivity index (χ4v) is 3.76. The van der Waals surface area contributed by atoms with Crippen LogP contribution in [0.1, 0.15) is 43.6 Å². The average Bonchev–Trinajstić information content (AvgIpc) is 3.20. The van der Waals surface area contributed by atoms with Gasteiger partial charge in [0.1, 0.15) is 12.2 Å². The van der Waals surface area contributed by atoms with Gasteiger partial charge in [0.05, 0.1) is 0 Å². The molecule has 1 aromatic carbocycles. The Labute approximate surface area is 197 Å². The topological polar surface area (TPSA) is 70.4 Å². The molecule has 0 unspecified atom stereocenters. The standard InChI is InChI=1S/C22H35N7.HI/c1-4-21-27-26-17-29(21)13-10-24-22(23-3)25-15-19-6-5-7-20(14-19)16-28-11-8-18(2)9-12-28;/h5-7,14,17-18H,4,8-13,15-16H2,1-3H3,(H2,23,24,25);1H. The monoisotopic (exact) mass is 525 g/mol. The second-order valence-corrected chi connectivity index (χ2v) is 7.93. The van der Waals surface area contributed by atoms with Crippen molar-refractivity contribution in [2.24, 2.45) is 10.9 Å². The summed E-state index contributed by atoms with van der Waals surface area (Å²) in [5.74, 6) is 2.70. The molecule has 0 aliphatic carbocycles. The van der Waals surface area contributed by atoms with Crippen molar-refractivity contribution in [1.29, 1.82) is 0 Å². The summed E-state index contributed by atoms with van der Waals surface area (Å²) in [5.41, 5.74) is 2.67. The molecular formula is C22H36IN7. The third-order valence-electron chi connectivity index (χ3n) is 5.61. The molecular weight excluding hydrogens is 489 g/mol. The summed E-state index contributed by atoms with van der Waals surface area (Å²) in [6.07, 6.45) is 5.31. The van der Waals surface area contributed by atoms with Gasteiger partial charge in [0, 0.05) is 39.6 Å². The molecule has 2 aromatic rings. The van der Waals surface area contributed by atoms with Gasteiger partial charge in [-0.2, -0.15) is 0 Å². The van der Waals surface area contributed by atoms with Crippen molar-refractivity contribution in [1.82, 2.24) is 30.3 Å². The number of likely N-dealkylation sites (tertiary alicyclic amines) is 1. The van der Waals surface area contributed by atoms with Crippen molar-refractivity contribution < 1.29 is 0 Å². The molecule has 2 heterocycles. The molecule has 0 amide bonds. The maximum absolute atomic E-state index is 4.33. The number of halogens is 1. The normalized spacial score (nSPS) is 15.6. The van der Waals surface area contributed by atoms with Crippen molar-refractivity contribution in [2.75, 3.05) is 26.7 Å². The van der Waals surface area contributed by atoms with E-state index in [0.29, 0.717) is 0 Å². The lowest BCUT2D eigenvalue weighted by Gasteiger charge is -2.30. The molecule has 0 radical (unpaired) electrons. The van der Waals surface area contributed by atoms with Gasteiger partial charge in [-0.15, -0.1) is 34.2 Å². The van der Waals surface area contributed by atoms with E-state index in [1.54, 1.807) is 13.4 Å². The fourth-order valence-electron chi connectivity index (χ4n) is 3.76. The highest BCUT2D eigenvalue weighted by Gasteiger charge is 2.15. The van der Waals surface area contributed by atoms with Gasteiger partial charge in [-0.3, -0.25) is 9.89 Å². The van der Waals surface area contributed by atoms with Crippen molar-refractivity contribution in [3.8, 4) is 0 Å². The quantitative estimate of drug-likeness (QED) is 0.315. The van der Waals surface area contributed by atoms with Crippen LogP contribution >= 0.6 is 24.0 Å². The van der Waals surface area contributed by atoms with Gasteiger partial charge >= 0.3 is 0 Å². The summed E-state index contributed by atoms with van der Waals surface area (Å²) in [6, 6.07) is 8.88. The zero-order chi connectivity index (χ0) is 20.5. The number of hydrogen-bond acceptors (Lipinski definition) is 4. The molecule has 0 saturated carbocycles. The van der Waals surface area contributed by atoms with Crippen LogP contribution in [0.5, 0.6) is 0 Å². The Morgan fingerprint density at radius 2 is 1.97 bits per heavy atom. The molecule has 1 saturated heterocycles. The third kappa shape index (κ3) is 7.54. The Bertz CT molecular complexity index is 781. The number of hydrogen-bond donors (Lipinski definition) is 2. The number of aryl methyl sites for hydroxylation is 1. The maximum Gasteiger partial charge on any atom is 0.191 e. The van der Waals surface area contributed by atoms with Crippen LogP contribution in [0.25, 0.3) is 0 Å². The Hall–Kier alpha value is -1.68. The maximum atomic E-state index is 4.33. The van der Waals surface area contributed by atoms with E-state index in [1.165, 1.54) is 37.1 Å². The summed E-state index contributed by atoms with van der Waals surface area (Å²) >= 11 is 0. The van der Waals surface area contributed by atoms with Crippen molar-refractivity contribution in [3.63, 3.8) is 0 Å². The number of benzene rings is 1. The Balaban J connectivity index is 0.00000320. The highest BCUT2D eigenvalue weighted by Crippen LogP contribution is 2.18. The third-order valence-corrected chi connectivity index (χ3v) is 5.61. The largest absolute Gasteiger partial charge is 0.355 e. The predicted octanol–water partition coefficient (Wildman–Crippen LogP) is 3.06. The van der Waals surface area contributed by atoms with E-state index in [0.717, 1.165) is 50.3 Å². The van der Waals surface area contributed by atoms with Crippen molar-refractivity contribution in [2.45, 2.75) is 52.7 Å². The van der Waals surface area contributed by atoms with E-state index in [4.69, 9.17) is 0 Å². The molecule has 1 fully saturated rings. The number of piperidine rings is 1. The van der Waals surface area contributed by atoms with Gasteiger partial charge < -0.3 is 15.2 Å². The number of aromatic nitrogens is 3. The van der Waals surface area contributed by atoms with Crippen LogP contribution < -0.4 is 10.6 Å². The van der Waals surface area contributed by atoms with Crippen LogP contribution in [0.15, 0.2) is 35.6 Å². The van der Waals surface area contributed by atoms with Crippen molar-refractivity contribution in [3.05, 3.63) is 47.5 Å². The van der Waals surface area contributed by atoms with Gasteiger partial charge in [-0.05, 0) is 43.0 Å². The molecule has 0 spiro atoms. The molecule has 1 aromatic heterocycles. The summed E-state index contributed by atoms with van der Waals surface area (Å²) in [4.78, 5) is 6.91. The van der Waals surface area contributed by atoms with Crippen LogP contribution in [0, 0.1) is 5.92 Å². The first-order chi connectivity index (χ1) is 14.2. The second kappa shape index (κ2) is 12.9. The van der Waals surface area contributed by atoms with E-state index in [-0.39, 0.29) is 24.0 Å². The van der Waals surface area contributed by atoms with Crippen LogP contribution in [0.4, 0.5) is 0 Å². The number of nitrogens with zero attached hydrogens (tertiary/aromatic N) is 5. The number of guanidine groups is 1. The second-order valence-electron chi connectivity index (χ2n) is 7.93. The van der Waals surface area contributed by atoms with Crippen LogP contribution in [0.3, 0.4) is 0 Å². The first-order valence-electron chi connectivity index (χ1n) is 10.8. The minimum Gasteiger partial charge on any atom is -0.355 e. The fraction of sp³-hybridized carbons (Fsp3) is 0.591. The number of rotatable bonds is 8. The minimum absolute atomic E-state index is 0. The molecule has 30 heavy (non-hydrogen) atoms. The SMILES string of the molecule is CCc1nncn1CCNC(=NC)NCc1cccc(CN2CCC(C)CC2)c1.I. The smallest absolute Gasteiger partial charge is 0.191 e. The lowest BCUT2D eigenvalue weighted by molar-refractivity contribution is 0.185. The predicted molar refractivity (Wildman–Crippen MR) is 133 cm³/mol. The molecule has 7 nitrogen and oxygen atoms in total. The van der Waals surface area contributed by atoms with E-state index in [2.05, 4.69) is 73.4 Å². The van der Waals surface area contributed by atoms with E-state index >= 15 is 0 Å². The van der Waals surface area contributed by atoms with Crippen molar-refractivity contribution >= 4 is 29.9 Å². The van der Waals surface area contributed by atoms with E-state index < -0.39 is 0 Å². The Morgan fingerprint density at radius 3 is 2.70 bits per heavy atom. The summed E-state index contributed by atoms with van der Waals surface area (Å²) in [7, 11) is 1.80. The van der Waals surface area contributed by atoms with Gasteiger partial charge in [-0.1, -0.05) is 38.1 Å². The van der Waals surface area contributed by atoms with E-state index in [9.17, 15) is 0 Å². The number of aliphatic imine (C=N–C) groups is 1. The molecule has 0 bridgehead atoms. The Kier molecular flexibility index (Phi) is 10.6. The highest BCUT2D eigenvalue weighted by molar-refractivity contribution is 14.0. The molecule has 0 atom stereocenters. The molecule has 166 valence electrons. The van der Waals surface area contributed by atoms with Gasteiger partial charge in [-0.25, -0.2) is 0 Å². The van der Waals surface area contributed by atoms with Crippen LogP contribution in [0.2, 0.25) is 0 Å². The Morgan fingerprint density at radius 1 is 1.20 bits per heavy atom. The van der Waals surface area contributed by atoms with Gasteiger partial charge in [0.2, 0.25) is 0 Å². The van der Waals surface area contributed by atoms with Gasteiger partial charge in [0.25, 0.3) is 0 Å². The summed E-state index contributed by atoms with van der Waals surface area (Å²) in [6.45, 7) is 10.3. The van der Waals surface area contributed by atoms with Crippen LogP contribution in [-0.4, -0.2) is 52.3 Å². The molecule has 8 heteroatoms. The molecule has 2 N–H and O–H groups in total. The number of nitrogens with one attached hydrogen (secondary N) is 2. The van der Waals surface area contributed by atoms with Gasteiger partial charge in [0.15, 0.2) is 5.96 Å². The highest BCUT2D eigenvalue weighted by atomic mass is 127. The molecule has 1 aliphatic rings. The first kappa shape index (κ1) is 24.6. The minimum atomic E-state index is 0. The lowest BCUT2D eigenvalue weighted by atomic mass is 9.98. The molecule has 3 rings (SSSR count). The van der Waals surface area contributed by atoms with E-state index in [1.807, 2.05) is 0 Å². The molecule has 1 aliphatic heterocycles. The first-order valence-corrected chi connectivity index (χ1v) is 10.8. The van der Waals surface area contributed by atoms with Crippen LogP contribution in [-0.2, 0) is 26.1 Å². The average molecular weight is 525 g/mol. The summed E-state index contributed by atoms with van der Waals surface area (Å²) in [5, 5.41) is 14.9.